The lowest BCUT2D eigenvalue weighted by atomic mass is 10.1. The van der Waals surface area contributed by atoms with Gasteiger partial charge in [0.15, 0.2) is 0 Å². The molecule has 20 heavy (non-hydrogen) atoms. The average Bonchev–Trinajstić information content (AvgIpc) is 2.45. The van der Waals surface area contributed by atoms with Crippen LogP contribution in [0.25, 0.3) is 0 Å². The van der Waals surface area contributed by atoms with Crippen LogP contribution >= 0.6 is 9.24 Å². The quantitative estimate of drug-likeness (QED) is 0.655. The van der Waals surface area contributed by atoms with Crippen molar-refractivity contribution >= 4 is 14.9 Å². The zero-order valence-corrected chi connectivity index (χ0v) is 13.7. The van der Waals surface area contributed by atoms with Crippen molar-refractivity contribution in [1.82, 2.24) is 9.80 Å². The Bertz CT molecular complexity index is 529. The van der Waals surface area contributed by atoms with Gasteiger partial charge in [0, 0.05) is 12.3 Å². The predicted octanol–water partition coefficient (Wildman–Crippen LogP) is 3.55. The molecular formula is C17H24N2P+. The van der Waals surface area contributed by atoms with Crippen molar-refractivity contribution in [3.8, 4) is 0 Å². The highest BCUT2D eigenvalue weighted by molar-refractivity contribution is 7.17. The van der Waals surface area contributed by atoms with Gasteiger partial charge in [0.2, 0.25) is 0 Å². The first-order valence-corrected chi connectivity index (χ1v) is 7.58. The molecule has 2 atom stereocenters. The molecule has 0 radical (unpaired) electrons. The van der Waals surface area contributed by atoms with E-state index >= 15 is 0 Å². The first-order chi connectivity index (χ1) is 9.47. The SMILES string of the molecule is C[N+](C)(C)c1ccc(CNC(P)c2ccccc2)cc1. The predicted molar refractivity (Wildman–Crippen MR) is 91.7 cm³/mol. The van der Waals surface area contributed by atoms with Gasteiger partial charge in [-0.05, 0) is 23.3 Å². The van der Waals surface area contributed by atoms with Gasteiger partial charge in [-0.3, -0.25) is 4.48 Å². The van der Waals surface area contributed by atoms with Gasteiger partial charge < -0.3 is 5.32 Å². The van der Waals surface area contributed by atoms with E-state index in [2.05, 4.69) is 84.2 Å². The third-order valence-corrected chi connectivity index (χ3v) is 4.02. The molecule has 0 aliphatic carbocycles. The lowest BCUT2D eigenvalue weighted by molar-refractivity contribution is 0.486. The Kier molecular flexibility index (Phi) is 4.93. The number of nitrogens with zero attached hydrogens (tertiary/aromatic N) is 1. The van der Waals surface area contributed by atoms with Crippen molar-refractivity contribution < 1.29 is 0 Å². The van der Waals surface area contributed by atoms with Crippen LogP contribution in [0.3, 0.4) is 0 Å². The Morgan fingerprint density at radius 3 is 2.10 bits per heavy atom. The van der Waals surface area contributed by atoms with Gasteiger partial charge in [-0.25, -0.2) is 0 Å². The molecule has 0 heterocycles. The molecule has 2 rings (SSSR count). The van der Waals surface area contributed by atoms with Crippen LogP contribution in [0, 0.1) is 0 Å². The fraction of sp³-hybridized carbons (Fsp3) is 0.294. The molecule has 0 amide bonds. The first kappa shape index (κ1) is 15.2. The van der Waals surface area contributed by atoms with E-state index in [0.29, 0.717) is 0 Å². The Hall–Kier alpha value is -1.21. The van der Waals surface area contributed by atoms with Crippen LogP contribution in [-0.2, 0) is 6.54 Å². The summed E-state index contributed by atoms with van der Waals surface area (Å²) in [6.07, 6.45) is 0. The second-order valence-electron chi connectivity index (χ2n) is 5.95. The van der Waals surface area contributed by atoms with Crippen LogP contribution in [0.5, 0.6) is 0 Å². The fourth-order valence-corrected chi connectivity index (χ4v) is 2.41. The molecule has 0 bridgehead atoms. The van der Waals surface area contributed by atoms with Gasteiger partial charge in [-0.15, -0.1) is 9.24 Å². The second kappa shape index (κ2) is 6.49. The molecule has 3 heteroatoms. The summed E-state index contributed by atoms with van der Waals surface area (Å²) in [5, 5.41) is 3.53. The summed E-state index contributed by atoms with van der Waals surface area (Å²) in [5.74, 6) is 0.286. The summed E-state index contributed by atoms with van der Waals surface area (Å²) in [7, 11) is 9.40. The van der Waals surface area contributed by atoms with E-state index in [1.165, 1.54) is 16.8 Å². The molecule has 0 saturated heterocycles. The van der Waals surface area contributed by atoms with Gasteiger partial charge in [-0.1, -0.05) is 42.5 Å². The summed E-state index contributed by atoms with van der Waals surface area (Å²) in [5.41, 5.74) is 3.92. The fourth-order valence-electron chi connectivity index (χ4n) is 2.07. The van der Waals surface area contributed by atoms with Gasteiger partial charge >= 0.3 is 0 Å². The zero-order valence-electron chi connectivity index (χ0n) is 12.5. The molecule has 0 aliphatic rings. The van der Waals surface area contributed by atoms with Crippen LogP contribution in [0.4, 0.5) is 5.69 Å². The summed E-state index contributed by atoms with van der Waals surface area (Å²) in [6.45, 7) is 0.875. The number of quaternary nitrogens is 1. The molecule has 0 aromatic heterocycles. The van der Waals surface area contributed by atoms with Gasteiger partial charge in [0.1, 0.15) is 5.69 Å². The lowest BCUT2D eigenvalue weighted by Gasteiger charge is -2.23. The third kappa shape index (κ3) is 4.14. The minimum atomic E-state index is 0.286. The molecule has 2 aromatic carbocycles. The number of hydrogen-bond acceptors (Lipinski definition) is 1. The Labute approximate surface area is 124 Å². The van der Waals surface area contributed by atoms with E-state index in [4.69, 9.17) is 0 Å². The molecule has 0 fully saturated rings. The van der Waals surface area contributed by atoms with Crippen LogP contribution in [0.2, 0.25) is 0 Å². The highest BCUT2D eigenvalue weighted by Crippen LogP contribution is 2.21. The van der Waals surface area contributed by atoms with Crippen LogP contribution in [-0.4, -0.2) is 21.1 Å². The molecule has 106 valence electrons. The minimum Gasteiger partial charge on any atom is -0.303 e. The lowest BCUT2D eigenvalue weighted by Crippen LogP contribution is -2.34. The minimum absolute atomic E-state index is 0.286. The molecular weight excluding hydrogens is 263 g/mol. The average molecular weight is 287 g/mol. The molecule has 0 aliphatic heterocycles. The van der Waals surface area contributed by atoms with Crippen molar-refractivity contribution in [2.45, 2.75) is 12.3 Å². The number of nitrogens with one attached hydrogen (secondary N) is 1. The van der Waals surface area contributed by atoms with E-state index in [9.17, 15) is 0 Å². The standard InChI is InChI=1S/C17H24N2P/c1-19(2,3)16-11-9-14(10-12-16)13-18-17(20)15-7-5-4-6-8-15/h4-12,17-18H,13,20H2,1-3H3/q+1. The van der Waals surface area contributed by atoms with E-state index in [0.717, 1.165) is 11.0 Å². The van der Waals surface area contributed by atoms with Crippen molar-refractivity contribution in [2.24, 2.45) is 0 Å². The first-order valence-electron chi connectivity index (χ1n) is 6.92. The summed E-state index contributed by atoms with van der Waals surface area (Å²) >= 11 is 0. The molecule has 1 N–H and O–H groups in total. The van der Waals surface area contributed by atoms with Gasteiger partial charge in [0.05, 0.1) is 21.1 Å². The largest absolute Gasteiger partial charge is 0.303 e. The number of hydrogen-bond donors (Lipinski definition) is 1. The Morgan fingerprint density at radius 1 is 0.950 bits per heavy atom. The van der Waals surface area contributed by atoms with Crippen molar-refractivity contribution in [3.05, 3.63) is 65.7 Å². The molecule has 2 aromatic rings. The van der Waals surface area contributed by atoms with Crippen molar-refractivity contribution in [3.63, 3.8) is 0 Å². The van der Waals surface area contributed by atoms with Gasteiger partial charge in [-0.2, -0.15) is 0 Å². The smallest absolute Gasteiger partial charge is 0.132 e. The van der Waals surface area contributed by atoms with E-state index in [1.807, 2.05) is 6.07 Å². The van der Waals surface area contributed by atoms with Crippen LogP contribution < -0.4 is 9.80 Å². The van der Waals surface area contributed by atoms with Crippen LogP contribution in [0.15, 0.2) is 54.6 Å². The Balaban J connectivity index is 1.94. The maximum Gasteiger partial charge on any atom is 0.132 e. The zero-order chi connectivity index (χ0) is 14.6. The van der Waals surface area contributed by atoms with E-state index in [-0.39, 0.29) is 5.78 Å². The monoisotopic (exact) mass is 287 g/mol. The third-order valence-electron chi connectivity index (χ3n) is 3.40. The van der Waals surface area contributed by atoms with Crippen molar-refractivity contribution in [1.29, 1.82) is 0 Å². The summed E-state index contributed by atoms with van der Waals surface area (Å²) in [6, 6.07) is 19.3. The summed E-state index contributed by atoms with van der Waals surface area (Å²) < 4.78 is 0.851. The number of rotatable bonds is 5. The number of benzene rings is 2. The maximum absolute atomic E-state index is 3.53. The van der Waals surface area contributed by atoms with Crippen LogP contribution in [0.1, 0.15) is 16.9 Å². The second-order valence-corrected chi connectivity index (χ2v) is 6.61. The highest BCUT2D eigenvalue weighted by Gasteiger charge is 2.11. The highest BCUT2D eigenvalue weighted by atomic mass is 31.0. The molecule has 0 spiro atoms. The summed E-state index contributed by atoms with van der Waals surface area (Å²) in [4.78, 5) is 0. The Morgan fingerprint density at radius 2 is 1.55 bits per heavy atom. The topological polar surface area (TPSA) is 12.0 Å². The maximum atomic E-state index is 3.53. The molecule has 0 saturated carbocycles. The van der Waals surface area contributed by atoms with Gasteiger partial charge in [0.25, 0.3) is 0 Å². The molecule has 2 unspecified atom stereocenters. The van der Waals surface area contributed by atoms with E-state index in [1.54, 1.807) is 0 Å². The normalized spacial score (nSPS) is 13.2. The van der Waals surface area contributed by atoms with E-state index < -0.39 is 0 Å². The molecule has 2 nitrogen and oxygen atoms in total. The van der Waals surface area contributed by atoms with Crippen molar-refractivity contribution in [2.75, 3.05) is 21.1 Å².